The summed E-state index contributed by atoms with van der Waals surface area (Å²) in [6, 6.07) is 0. The van der Waals surface area contributed by atoms with E-state index in [0.717, 1.165) is 6.66 Å². The maximum atomic E-state index is 11.3. The fourth-order valence-corrected chi connectivity index (χ4v) is 6.76. The van der Waals surface area contributed by atoms with Gasteiger partial charge in [0.25, 0.3) is 5.01 Å². The van der Waals surface area contributed by atoms with Gasteiger partial charge in [-0.25, -0.2) is 4.31 Å². The summed E-state index contributed by atoms with van der Waals surface area (Å²) in [5, 5.41) is 4.97. The minimum atomic E-state index is -3.81. The Morgan fingerprint density at radius 1 is 1.54 bits per heavy atom. The highest BCUT2D eigenvalue weighted by Crippen LogP contribution is 2.65. The molecule has 0 amide bonds. The Bertz CT molecular complexity index is 282. The molecule has 9 heteroatoms. The molecule has 0 heterocycles. The maximum absolute atomic E-state index is 11.3. The molecule has 13 heavy (non-hydrogen) atoms. The van der Waals surface area contributed by atoms with Crippen LogP contribution in [-0.2, 0) is 18.2 Å². The Labute approximate surface area is 88.1 Å². The minimum absolute atomic E-state index is 0.249. The number of carboxylic acid groups (broad SMARTS) is 1. The fraction of sp³-hybridized carbons (Fsp3) is 0.750. The van der Waals surface area contributed by atoms with Crippen molar-refractivity contribution in [1.82, 2.24) is 0 Å². The molecule has 2 unspecified atom stereocenters. The van der Waals surface area contributed by atoms with E-state index < -0.39 is 18.6 Å². The van der Waals surface area contributed by atoms with Crippen LogP contribution < -0.4 is 0 Å². The van der Waals surface area contributed by atoms with E-state index in [4.69, 9.17) is 10.00 Å². The average Bonchev–Trinajstić information content (AvgIpc) is 1.78. The van der Waals surface area contributed by atoms with Gasteiger partial charge < -0.3 is 10.00 Å². The van der Waals surface area contributed by atoms with Crippen LogP contribution in [0.1, 0.15) is 6.42 Å². The van der Waals surface area contributed by atoms with Gasteiger partial charge in [-0.3, -0.25) is 13.9 Å². The monoisotopic (exact) mass is 342 g/mol. The van der Waals surface area contributed by atoms with Gasteiger partial charge in [0.1, 0.15) is 0 Å². The number of carbonyl (C=O) groups is 1. The van der Waals surface area contributed by atoms with E-state index in [0.29, 0.717) is 0 Å². The highest BCUT2D eigenvalue weighted by molar-refractivity contribution is 14.2. The van der Waals surface area contributed by atoms with Crippen molar-refractivity contribution >= 4 is 40.6 Å². The van der Waals surface area contributed by atoms with Crippen LogP contribution in [-0.4, -0.2) is 28.8 Å². The Balaban J connectivity index is 4.18. The van der Waals surface area contributed by atoms with Crippen LogP contribution in [0, 0.1) is 0 Å². The summed E-state index contributed by atoms with van der Waals surface area (Å²) in [4.78, 5) is 18.8. The zero-order chi connectivity index (χ0) is 10.7. The molecule has 0 spiro atoms. The molecule has 0 aliphatic rings. The average molecular weight is 342 g/mol. The third-order valence-electron chi connectivity index (χ3n) is 0.866. The Morgan fingerprint density at radius 2 is 2.00 bits per heavy atom. The van der Waals surface area contributed by atoms with Crippen LogP contribution in [0.2, 0.25) is 0 Å². The van der Waals surface area contributed by atoms with Crippen molar-refractivity contribution in [2.45, 2.75) is 6.42 Å². The van der Waals surface area contributed by atoms with Crippen LogP contribution >= 0.6 is 34.6 Å². The van der Waals surface area contributed by atoms with E-state index in [1.807, 2.05) is 0 Å². The number of halogens is 1. The van der Waals surface area contributed by atoms with Gasteiger partial charge >= 0.3 is 13.6 Å². The molecule has 78 valence electrons. The largest absolute Gasteiger partial charge is 0.481 e. The lowest BCUT2D eigenvalue weighted by Crippen LogP contribution is -1.98. The van der Waals surface area contributed by atoms with E-state index >= 15 is 0 Å². The molecular weight excluding hydrogens is 333 g/mol. The normalized spacial score (nSPS) is 20.2. The van der Waals surface area contributed by atoms with Gasteiger partial charge in [0.15, 0.2) is 0 Å². The summed E-state index contributed by atoms with van der Waals surface area (Å²) >= 11 is 1.37. The van der Waals surface area contributed by atoms with E-state index in [1.165, 1.54) is 22.0 Å². The fourth-order valence-electron chi connectivity index (χ4n) is 0.496. The summed E-state index contributed by atoms with van der Waals surface area (Å²) in [5.41, 5.74) is 0. The van der Waals surface area contributed by atoms with E-state index in [9.17, 15) is 13.9 Å². The zero-order valence-corrected chi connectivity index (χ0v) is 10.7. The second-order valence-electron chi connectivity index (χ2n) is 2.34. The smallest absolute Gasteiger partial charge is 0.331 e. The Kier molecular flexibility index (Phi) is 5.10. The maximum Gasteiger partial charge on any atom is 0.331 e. The molecule has 0 aliphatic heterocycles. The summed E-state index contributed by atoms with van der Waals surface area (Å²) in [6.07, 6.45) is -0.596. The summed E-state index contributed by atoms with van der Waals surface area (Å²) < 4.78 is 26.4. The molecule has 2 N–H and O–H groups in total. The Morgan fingerprint density at radius 3 is 2.31 bits per heavy atom. The van der Waals surface area contributed by atoms with Crippen molar-refractivity contribution < 1.29 is 28.2 Å². The van der Waals surface area contributed by atoms with Gasteiger partial charge in [-0.05, 0) is 0 Å². The zero-order valence-electron chi connectivity index (χ0n) is 6.71. The topological polar surface area (TPSA) is 101 Å². The number of aliphatic carboxylic acids is 1. The van der Waals surface area contributed by atoms with E-state index in [-0.39, 0.29) is 12.6 Å². The highest BCUT2D eigenvalue weighted by Gasteiger charge is 2.27. The minimum Gasteiger partial charge on any atom is -0.481 e. The SMILES string of the molecule is CP(=O)(O)OP(=O)(I)CCC(=O)O. The van der Waals surface area contributed by atoms with Crippen LogP contribution in [0.15, 0.2) is 0 Å². The number of rotatable bonds is 5. The third kappa shape index (κ3) is 8.90. The van der Waals surface area contributed by atoms with Gasteiger partial charge in [-0.15, -0.1) is 0 Å². The first-order chi connectivity index (χ1) is 5.62. The molecule has 2 atom stereocenters. The summed E-state index contributed by atoms with van der Waals surface area (Å²) in [5.74, 6) is -1.12. The molecule has 0 saturated heterocycles. The van der Waals surface area contributed by atoms with E-state index in [2.05, 4.69) is 4.31 Å². The lowest BCUT2D eigenvalue weighted by molar-refractivity contribution is -0.136. The lowest BCUT2D eigenvalue weighted by atomic mass is 10.5. The highest BCUT2D eigenvalue weighted by atomic mass is 127. The molecule has 6 nitrogen and oxygen atoms in total. The van der Waals surface area contributed by atoms with Crippen LogP contribution in [0.25, 0.3) is 0 Å². The molecule has 0 bridgehead atoms. The predicted octanol–water partition coefficient (Wildman–Crippen LogP) is 1.92. The molecular formula is C4H9IO6P2. The standard InChI is InChI=1S/C4H9IO6P2/c1-12(8,9)11-13(5,10)3-2-4(6)7/h2-3H2,1H3,(H,6,7)(H,8,9). The van der Waals surface area contributed by atoms with Crippen LogP contribution in [0.3, 0.4) is 0 Å². The first kappa shape index (κ1) is 13.6. The molecule has 0 aliphatic carbocycles. The van der Waals surface area contributed by atoms with Gasteiger partial charge in [0.2, 0.25) is 0 Å². The second kappa shape index (κ2) is 4.89. The molecule has 0 fully saturated rings. The van der Waals surface area contributed by atoms with Gasteiger partial charge in [0.05, 0.1) is 6.42 Å². The number of hydrogen-bond donors (Lipinski definition) is 2. The van der Waals surface area contributed by atoms with Crippen molar-refractivity contribution in [3.05, 3.63) is 0 Å². The molecule has 0 aromatic heterocycles. The second-order valence-corrected chi connectivity index (χ2v) is 10.6. The number of carboxylic acids is 1. The van der Waals surface area contributed by atoms with Crippen molar-refractivity contribution in [2.75, 3.05) is 12.8 Å². The lowest BCUT2D eigenvalue weighted by Gasteiger charge is -2.12. The first-order valence-corrected chi connectivity index (χ1v) is 9.76. The van der Waals surface area contributed by atoms with Crippen molar-refractivity contribution in [3.8, 4) is 0 Å². The summed E-state index contributed by atoms with van der Waals surface area (Å²) in [6.45, 7) is 0.902. The molecule has 0 rings (SSSR count). The molecule has 0 aromatic carbocycles. The molecule has 0 radical (unpaired) electrons. The van der Waals surface area contributed by atoms with Crippen molar-refractivity contribution in [2.24, 2.45) is 0 Å². The van der Waals surface area contributed by atoms with Crippen LogP contribution in [0.5, 0.6) is 0 Å². The Hall–Kier alpha value is 0.580. The van der Waals surface area contributed by atoms with Gasteiger partial charge in [-0.1, -0.05) is 0 Å². The quantitative estimate of drug-likeness (QED) is 0.585. The number of hydrogen-bond acceptors (Lipinski definition) is 4. The first-order valence-electron chi connectivity index (χ1n) is 3.14. The third-order valence-corrected chi connectivity index (χ3v) is 6.84. The van der Waals surface area contributed by atoms with Gasteiger partial charge in [-0.2, -0.15) is 0 Å². The van der Waals surface area contributed by atoms with Crippen molar-refractivity contribution in [1.29, 1.82) is 0 Å². The van der Waals surface area contributed by atoms with E-state index in [1.54, 1.807) is 0 Å². The van der Waals surface area contributed by atoms with Crippen molar-refractivity contribution in [3.63, 3.8) is 0 Å². The molecule has 0 aromatic rings. The predicted molar refractivity (Wildman–Crippen MR) is 55.6 cm³/mol. The summed E-state index contributed by atoms with van der Waals surface area (Å²) in [7, 11) is -3.81. The van der Waals surface area contributed by atoms with Crippen LogP contribution in [0.4, 0.5) is 0 Å². The van der Waals surface area contributed by atoms with Gasteiger partial charge in [0, 0.05) is 34.9 Å². The molecule has 0 saturated carbocycles.